The van der Waals surface area contributed by atoms with Crippen molar-refractivity contribution in [3.8, 4) is 0 Å². The van der Waals surface area contributed by atoms with Crippen molar-refractivity contribution in [2.45, 2.75) is 31.3 Å². The van der Waals surface area contributed by atoms with Crippen LogP contribution in [0.3, 0.4) is 0 Å². The highest BCUT2D eigenvalue weighted by Gasteiger charge is 2.40. The summed E-state index contributed by atoms with van der Waals surface area (Å²) in [5, 5.41) is 12.3. The molecule has 80 valence electrons. The second kappa shape index (κ2) is 3.66. The van der Waals surface area contributed by atoms with Gasteiger partial charge in [-0.15, -0.1) is 0 Å². The molecular formula is C12H15NO2. The summed E-state index contributed by atoms with van der Waals surface area (Å²) >= 11 is 0. The van der Waals surface area contributed by atoms with Gasteiger partial charge in [0, 0.05) is 5.54 Å². The molecule has 0 bridgehead atoms. The van der Waals surface area contributed by atoms with Crippen LogP contribution in [-0.4, -0.2) is 16.6 Å². The van der Waals surface area contributed by atoms with E-state index in [4.69, 9.17) is 5.11 Å². The molecule has 0 aromatic heterocycles. The number of carbonyl (C=O) groups is 1. The zero-order valence-electron chi connectivity index (χ0n) is 8.73. The van der Waals surface area contributed by atoms with E-state index < -0.39 is 12.0 Å². The third-order valence-corrected chi connectivity index (χ3v) is 2.87. The Labute approximate surface area is 89.1 Å². The summed E-state index contributed by atoms with van der Waals surface area (Å²) < 4.78 is 0. The molecule has 0 radical (unpaired) electrons. The molecule has 1 aromatic rings. The van der Waals surface area contributed by atoms with E-state index >= 15 is 0 Å². The van der Waals surface area contributed by atoms with Crippen molar-refractivity contribution in [1.29, 1.82) is 0 Å². The first-order chi connectivity index (χ1) is 7.11. The number of nitrogens with one attached hydrogen (secondary N) is 1. The fourth-order valence-corrected chi connectivity index (χ4v) is 1.61. The number of benzene rings is 1. The molecular weight excluding hydrogens is 190 g/mol. The molecule has 3 heteroatoms. The average molecular weight is 205 g/mol. The van der Waals surface area contributed by atoms with E-state index in [0.29, 0.717) is 0 Å². The zero-order valence-corrected chi connectivity index (χ0v) is 8.73. The second-order valence-electron chi connectivity index (χ2n) is 4.39. The number of rotatable bonds is 4. The summed E-state index contributed by atoms with van der Waals surface area (Å²) in [7, 11) is 0. The van der Waals surface area contributed by atoms with Crippen molar-refractivity contribution in [3.63, 3.8) is 0 Å². The van der Waals surface area contributed by atoms with Crippen molar-refractivity contribution in [2.24, 2.45) is 0 Å². The van der Waals surface area contributed by atoms with E-state index in [9.17, 15) is 4.79 Å². The summed E-state index contributed by atoms with van der Waals surface area (Å²) in [4.78, 5) is 11.1. The van der Waals surface area contributed by atoms with Gasteiger partial charge in [-0.3, -0.25) is 10.1 Å². The van der Waals surface area contributed by atoms with E-state index in [2.05, 4.69) is 12.2 Å². The number of carboxylic acids is 1. The Hall–Kier alpha value is -1.35. The van der Waals surface area contributed by atoms with Crippen LogP contribution in [0.15, 0.2) is 30.3 Å². The molecule has 0 amide bonds. The minimum Gasteiger partial charge on any atom is -0.480 e. The molecule has 3 nitrogen and oxygen atoms in total. The molecule has 1 fully saturated rings. The molecule has 15 heavy (non-hydrogen) atoms. The minimum atomic E-state index is -0.811. The molecule has 1 aliphatic rings. The van der Waals surface area contributed by atoms with Gasteiger partial charge in [0.1, 0.15) is 6.04 Å². The van der Waals surface area contributed by atoms with Gasteiger partial charge in [0.25, 0.3) is 0 Å². The van der Waals surface area contributed by atoms with Crippen LogP contribution in [0, 0.1) is 0 Å². The third kappa shape index (κ3) is 2.36. The van der Waals surface area contributed by atoms with E-state index in [-0.39, 0.29) is 5.54 Å². The Morgan fingerprint density at radius 3 is 2.47 bits per heavy atom. The van der Waals surface area contributed by atoms with E-state index in [1.54, 1.807) is 0 Å². The van der Waals surface area contributed by atoms with E-state index in [0.717, 1.165) is 18.4 Å². The molecule has 1 aliphatic carbocycles. The summed E-state index contributed by atoms with van der Waals surface area (Å²) in [6, 6.07) is 8.72. The number of hydrogen-bond donors (Lipinski definition) is 2. The van der Waals surface area contributed by atoms with Gasteiger partial charge in [-0.2, -0.15) is 0 Å². The van der Waals surface area contributed by atoms with Crippen LogP contribution in [0.25, 0.3) is 0 Å². The topological polar surface area (TPSA) is 49.3 Å². The fourth-order valence-electron chi connectivity index (χ4n) is 1.61. The van der Waals surface area contributed by atoms with E-state index in [1.807, 2.05) is 30.3 Å². The van der Waals surface area contributed by atoms with Gasteiger partial charge >= 0.3 is 5.97 Å². The molecule has 0 saturated heterocycles. The first-order valence-corrected chi connectivity index (χ1v) is 5.16. The molecule has 0 spiro atoms. The highest BCUT2D eigenvalue weighted by atomic mass is 16.4. The molecule has 0 heterocycles. The number of aliphatic carboxylic acids is 1. The van der Waals surface area contributed by atoms with Crippen LogP contribution in [-0.2, 0) is 4.79 Å². The quantitative estimate of drug-likeness (QED) is 0.790. The molecule has 1 aromatic carbocycles. The van der Waals surface area contributed by atoms with Gasteiger partial charge in [-0.05, 0) is 25.3 Å². The van der Waals surface area contributed by atoms with Crippen LogP contribution in [0.2, 0.25) is 0 Å². The van der Waals surface area contributed by atoms with Crippen molar-refractivity contribution >= 4 is 5.97 Å². The maximum atomic E-state index is 11.1. The lowest BCUT2D eigenvalue weighted by Gasteiger charge is -2.19. The van der Waals surface area contributed by atoms with Crippen molar-refractivity contribution in [2.75, 3.05) is 0 Å². The lowest BCUT2D eigenvalue weighted by atomic mass is 10.1. The third-order valence-electron chi connectivity index (χ3n) is 2.87. The van der Waals surface area contributed by atoms with Crippen LogP contribution < -0.4 is 5.32 Å². The highest BCUT2D eigenvalue weighted by molar-refractivity contribution is 5.75. The maximum Gasteiger partial charge on any atom is 0.325 e. The van der Waals surface area contributed by atoms with Crippen LogP contribution in [0.4, 0.5) is 0 Å². The second-order valence-corrected chi connectivity index (χ2v) is 4.39. The first-order valence-electron chi connectivity index (χ1n) is 5.16. The summed E-state index contributed by atoms with van der Waals surface area (Å²) in [5.74, 6) is -0.811. The lowest BCUT2D eigenvalue weighted by molar-refractivity contribution is -0.140. The largest absolute Gasteiger partial charge is 0.480 e. The molecule has 2 N–H and O–H groups in total. The number of carboxylic acid groups (broad SMARTS) is 1. The van der Waals surface area contributed by atoms with Crippen LogP contribution in [0.1, 0.15) is 31.4 Å². The normalized spacial score (nSPS) is 19.5. The standard InChI is InChI=1S/C12H15NO2/c1-12(7-8-12)13-10(11(14)15)9-5-3-2-4-6-9/h2-6,10,13H,7-8H2,1H3,(H,14,15). The Balaban J connectivity index is 2.16. The predicted molar refractivity (Wildman–Crippen MR) is 57.6 cm³/mol. The van der Waals surface area contributed by atoms with Gasteiger partial charge in [0.05, 0.1) is 0 Å². The molecule has 1 unspecified atom stereocenters. The van der Waals surface area contributed by atoms with Gasteiger partial charge in [0.15, 0.2) is 0 Å². The Morgan fingerprint density at radius 2 is 2.00 bits per heavy atom. The van der Waals surface area contributed by atoms with Gasteiger partial charge in [0.2, 0.25) is 0 Å². The zero-order chi connectivity index (χ0) is 10.9. The van der Waals surface area contributed by atoms with Gasteiger partial charge in [-0.25, -0.2) is 0 Å². The number of hydrogen-bond acceptors (Lipinski definition) is 2. The van der Waals surface area contributed by atoms with Crippen molar-refractivity contribution in [3.05, 3.63) is 35.9 Å². The molecule has 1 saturated carbocycles. The van der Waals surface area contributed by atoms with Crippen molar-refractivity contribution in [1.82, 2.24) is 5.32 Å². The minimum absolute atomic E-state index is 0.0267. The first kappa shape index (κ1) is 10.2. The van der Waals surface area contributed by atoms with Crippen LogP contribution >= 0.6 is 0 Å². The monoisotopic (exact) mass is 205 g/mol. The van der Waals surface area contributed by atoms with Gasteiger partial charge < -0.3 is 5.11 Å². The van der Waals surface area contributed by atoms with Gasteiger partial charge in [-0.1, -0.05) is 30.3 Å². The van der Waals surface area contributed by atoms with Crippen molar-refractivity contribution < 1.29 is 9.90 Å². The SMILES string of the molecule is CC1(NC(C(=O)O)c2ccccc2)CC1. The predicted octanol–water partition coefficient (Wildman–Crippen LogP) is 1.95. The fraction of sp³-hybridized carbons (Fsp3) is 0.417. The Bertz CT molecular complexity index is 357. The Kier molecular flexibility index (Phi) is 2.49. The molecule has 2 rings (SSSR count). The molecule has 1 atom stereocenters. The highest BCUT2D eigenvalue weighted by Crippen LogP contribution is 2.36. The van der Waals surface area contributed by atoms with Crippen LogP contribution in [0.5, 0.6) is 0 Å². The smallest absolute Gasteiger partial charge is 0.325 e. The Morgan fingerprint density at radius 1 is 1.40 bits per heavy atom. The lowest BCUT2D eigenvalue weighted by Crippen LogP contribution is -2.36. The maximum absolute atomic E-state index is 11.1. The summed E-state index contributed by atoms with van der Waals surface area (Å²) in [5.41, 5.74) is 0.844. The summed E-state index contributed by atoms with van der Waals surface area (Å²) in [6.07, 6.45) is 2.12. The molecule has 0 aliphatic heterocycles. The average Bonchev–Trinajstić information content (AvgIpc) is 2.95. The van der Waals surface area contributed by atoms with E-state index in [1.165, 1.54) is 0 Å². The summed E-state index contributed by atoms with van der Waals surface area (Å²) in [6.45, 7) is 2.06.